The van der Waals surface area contributed by atoms with E-state index in [2.05, 4.69) is 0 Å². The first-order valence-corrected chi connectivity index (χ1v) is 7.41. The van der Waals surface area contributed by atoms with Crippen molar-refractivity contribution in [3.63, 3.8) is 0 Å². The molecule has 0 bridgehead atoms. The Kier molecular flexibility index (Phi) is 6.30. The van der Waals surface area contributed by atoms with E-state index in [1.807, 2.05) is 0 Å². The molecule has 1 aliphatic rings. The fourth-order valence-corrected chi connectivity index (χ4v) is 2.32. The highest BCUT2D eigenvalue weighted by atomic mass is 19.3. The van der Waals surface area contributed by atoms with Gasteiger partial charge in [-0.3, -0.25) is 0 Å². The van der Waals surface area contributed by atoms with E-state index < -0.39 is 43.7 Å². The van der Waals surface area contributed by atoms with Crippen molar-refractivity contribution in [2.75, 3.05) is 13.2 Å². The summed E-state index contributed by atoms with van der Waals surface area (Å²) in [5.41, 5.74) is -0.264. The minimum absolute atomic E-state index is 0.0191. The molecule has 1 aliphatic heterocycles. The van der Waals surface area contributed by atoms with Crippen LogP contribution in [-0.4, -0.2) is 64.3 Å². The fourth-order valence-electron chi connectivity index (χ4n) is 2.32. The lowest BCUT2D eigenvalue weighted by Crippen LogP contribution is -2.60. The summed E-state index contributed by atoms with van der Waals surface area (Å²) in [6.45, 7) is 1.25. The maximum absolute atomic E-state index is 12.8. The van der Waals surface area contributed by atoms with Crippen LogP contribution in [-0.2, 0) is 4.74 Å². The Bertz CT molecular complexity index is 541. The molecule has 1 heterocycles. The van der Waals surface area contributed by atoms with E-state index in [1.54, 1.807) is 6.92 Å². The Labute approximate surface area is 137 Å². The van der Waals surface area contributed by atoms with Crippen LogP contribution in [0.25, 0.3) is 0 Å². The summed E-state index contributed by atoms with van der Waals surface area (Å²) in [5, 5.41) is 38.5. The monoisotopic (exact) mass is 350 g/mol. The third-order valence-electron chi connectivity index (χ3n) is 3.61. The van der Waals surface area contributed by atoms with Crippen molar-refractivity contribution in [3.05, 3.63) is 23.8 Å². The first-order chi connectivity index (χ1) is 11.4. The smallest absolute Gasteiger partial charge is 0.263 e. The van der Waals surface area contributed by atoms with Crippen molar-refractivity contribution >= 4 is 0 Å². The molecule has 1 fully saturated rings. The summed E-state index contributed by atoms with van der Waals surface area (Å²) < 4.78 is 41.4. The minimum atomic E-state index is -2.69. The average Bonchev–Trinajstić information content (AvgIpc) is 2.56. The van der Waals surface area contributed by atoms with Gasteiger partial charge in [0.15, 0.2) is 11.5 Å². The first-order valence-electron chi connectivity index (χ1n) is 7.41. The van der Waals surface area contributed by atoms with E-state index in [1.165, 1.54) is 6.07 Å². The molecular formula is C15H20F2O7. The van der Waals surface area contributed by atoms with Crippen molar-refractivity contribution in [3.8, 4) is 11.5 Å². The summed E-state index contributed by atoms with van der Waals surface area (Å²) in [4.78, 5) is 0. The van der Waals surface area contributed by atoms with E-state index in [4.69, 9.17) is 19.3 Å². The molecule has 1 saturated heterocycles. The summed E-state index contributed by atoms with van der Waals surface area (Å²) in [6, 6.07) is 3.47. The van der Waals surface area contributed by atoms with Crippen molar-refractivity contribution in [1.29, 1.82) is 0 Å². The minimum Gasteiger partial charge on any atom is -0.490 e. The molecule has 0 saturated carbocycles. The summed E-state index contributed by atoms with van der Waals surface area (Å²) >= 11 is 0. The Morgan fingerprint density at radius 2 is 1.83 bits per heavy atom. The summed E-state index contributed by atoms with van der Waals surface area (Å²) in [7, 11) is 0. The maximum atomic E-state index is 12.8. The molecule has 136 valence electrons. The number of ether oxygens (including phenoxy) is 3. The third kappa shape index (κ3) is 3.93. The van der Waals surface area contributed by atoms with E-state index in [0.717, 1.165) is 12.1 Å². The molecule has 24 heavy (non-hydrogen) atoms. The number of halogens is 2. The predicted molar refractivity (Wildman–Crippen MR) is 77.0 cm³/mol. The quantitative estimate of drug-likeness (QED) is 0.580. The number of alkyl halides is 2. The number of hydrogen-bond donors (Lipinski definition) is 4. The van der Waals surface area contributed by atoms with Gasteiger partial charge in [0, 0.05) is 5.56 Å². The molecule has 1 aromatic rings. The average molecular weight is 350 g/mol. The zero-order chi connectivity index (χ0) is 17.9. The molecule has 0 unspecified atom stereocenters. The maximum Gasteiger partial charge on any atom is 0.263 e. The molecule has 0 amide bonds. The second kappa shape index (κ2) is 8.04. The third-order valence-corrected chi connectivity index (χ3v) is 3.61. The number of hydrogen-bond acceptors (Lipinski definition) is 7. The van der Waals surface area contributed by atoms with Crippen LogP contribution in [0.15, 0.2) is 18.2 Å². The van der Waals surface area contributed by atoms with Crippen LogP contribution in [0.4, 0.5) is 8.78 Å². The van der Waals surface area contributed by atoms with Gasteiger partial charge in [-0.15, -0.1) is 0 Å². The summed E-state index contributed by atoms with van der Waals surface area (Å²) in [5.74, 6) is 0.0397. The molecule has 5 atom stereocenters. The Morgan fingerprint density at radius 3 is 2.42 bits per heavy atom. The van der Waals surface area contributed by atoms with Crippen LogP contribution < -0.4 is 9.47 Å². The molecule has 2 rings (SSSR count). The second-order valence-electron chi connectivity index (χ2n) is 5.26. The van der Waals surface area contributed by atoms with Crippen molar-refractivity contribution in [2.24, 2.45) is 0 Å². The fraction of sp³-hybridized carbons (Fsp3) is 0.600. The lowest BCUT2D eigenvalue weighted by molar-refractivity contribution is -0.277. The summed E-state index contributed by atoms with van der Waals surface area (Å²) in [6.07, 6.45) is -9.96. The highest BCUT2D eigenvalue weighted by Crippen LogP contribution is 2.34. The van der Waals surface area contributed by atoms with Gasteiger partial charge in [-0.2, -0.15) is 0 Å². The predicted octanol–water partition coefficient (Wildman–Crippen LogP) is 0.202. The Morgan fingerprint density at radius 1 is 1.12 bits per heavy atom. The number of aliphatic hydroxyl groups is 4. The van der Waals surface area contributed by atoms with Gasteiger partial charge >= 0.3 is 0 Å². The molecule has 0 aromatic heterocycles. The zero-order valence-corrected chi connectivity index (χ0v) is 12.9. The second-order valence-corrected chi connectivity index (χ2v) is 5.26. The van der Waals surface area contributed by atoms with Crippen molar-refractivity contribution in [2.45, 2.75) is 44.1 Å². The van der Waals surface area contributed by atoms with Crippen molar-refractivity contribution in [1.82, 2.24) is 0 Å². The number of rotatable bonds is 6. The van der Waals surface area contributed by atoms with Crippen LogP contribution in [0.2, 0.25) is 0 Å². The molecule has 1 aromatic carbocycles. The first kappa shape index (κ1) is 18.8. The van der Waals surface area contributed by atoms with Gasteiger partial charge in [0.05, 0.1) is 13.2 Å². The van der Waals surface area contributed by atoms with Gasteiger partial charge in [0.2, 0.25) is 6.29 Å². The van der Waals surface area contributed by atoms with Gasteiger partial charge in [-0.05, 0) is 25.1 Å². The number of benzene rings is 1. The molecular weight excluding hydrogens is 330 g/mol. The molecule has 0 radical (unpaired) electrons. The normalized spacial score (nSPS) is 30.4. The van der Waals surface area contributed by atoms with Gasteiger partial charge < -0.3 is 34.6 Å². The van der Waals surface area contributed by atoms with Crippen molar-refractivity contribution < 1.29 is 43.4 Å². The largest absolute Gasteiger partial charge is 0.490 e. The van der Waals surface area contributed by atoms with Crippen LogP contribution in [0.1, 0.15) is 18.9 Å². The molecule has 0 aliphatic carbocycles. The van der Waals surface area contributed by atoms with E-state index in [-0.39, 0.29) is 23.7 Å². The molecule has 7 nitrogen and oxygen atoms in total. The molecule has 0 spiro atoms. The molecule has 9 heteroatoms. The Balaban J connectivity index is 2.22. The molecule has 4 N–H and O–H groups in total. The van der Waals surface area contributed by atoms with Crippen LogP contribution in [0.5, 0.6) is 11.5 Å². The highest BCUT2D eigenvalue weighted by Gasteiger charge is 2.44. The van der Waals surface area contributed by atoms with Gasteiger partial charge in [0.25, 0.3) is 6.43 Å². The van der Waals surface area contributed by atoms with Crippen LogP contribution in [0, 0.1) is 0 Å². The lowest BCUT2D eigenvalue weighted by Gasteiger charge is -2.39. The topological polar surface area (TPSA) is 109 Å². The van der Waals surface area contributed by atoms with Gasteiger partial charge in [0.1, 0.15) is 24.4 Å². The SMILES string of the molecule is CCOc1cc(C(F)F)ccc1O[C@@H]1O[C@H](CO)[C@@H](O)[C@H](O)[C@H]1O. The highest BCUT2D eigenvalue weighted by molar-refractivity contribution is 5.43. The van der Waals surface area contributed by atoms with Crippen LogP contribution in [0.3, 0.4) is 0 Å². The van der Waals surface area contributed by atoms with Gasteiger partial charge in [-0.1, -0.05) is 0 Å². The van der Waals surface area contributed by atoms with Crippen LogP contribution >= 0.6 is 0 Å². The van der Waals surface area contributed by atoms with Gasteiger partial charge in [-0.25, -0.2) is 8.78 Å². The van der Waals surface area contributed by atoms with E-state index in [9.17, 15) is 24.1 Å². The standard InChI is InChI=1S/C15H20F2O7/c1-2-22-9-5-7(14(16)17)3-4-8(9)23-15-13(21)12(20)11(19)10(6-18)24-15/h3-5,10-15,18-21H,2,6H2,1H3/t10-,11-,12+,13-,15-/m1/s1. The van der Waals surface area contributed by atoms with E-state index in [0.29, 0.717) is 0 Å². The number of aliphatic hydroxyl groups excluding tert-OH is 4. The van der Waals surface area contributed by atoms with E-state index >= 15 is 0 Å². The lowest BCUT2D eigenvalue weighted by atomic mass is 9.99. The Hall–Kier alpha value is -1.52. The zero-order valence-electron chi connectivity index (χ0n) is 12.9.